The Morgan fingerprint density at radius 1 is 0.935 bits per heavy atom. The van der Waals surface area contributed by atoms with E-state index in [1.807, 2.05) is 6.07 Å². The minimum Gasteiger partial charge on any atom is -0.495 e. The third kappa shape index (κ3) is 4.97. The van der Waals surface area contributed by atoms with E-state index in [9.17, 15) is 16.8 Å². The summed E-state index contributed by atoms with van der Waals surface area (Å²) in [6.45, 7) is 2.05. The summed E-state index contributed by atoms with van der Waals surface area (Å²) < 4.78 is 67.4. The summed E-state index contributed by atoms with van der Waals surface area (Å²) in [5.41, 5.74) is 1.56. The van der Waals surface area contributed by atoms with Crippen molar-refractivity contribution < 1.29 is 31.0 Å². The molecule has 0 amide bonds. The van der Waals surface area contributed by atoms with E-state index in [1.54, 1.807) is 31.2 Å². The molecule has 170 valence electrons. The minimum absolute atomic E-state index is 0.00927. The standard InChI is InChI=1S/C21H27NO7S2/c1-14-5-7-18(28-3)20(9-14)31(25,26)21-13-30(23,24)12-16(21)22-11-15-6-8-17(27-2)19(10-15)29-4/h5-10,16,21-22H,11-13H2,1-4H3/t16-,21-/m0/s1. The SMILES string of the molecule is COc1ccc(CN[C@H]2CS(=O)(=O)C[C@@H]2S(=O)(=O)c2cc(C)ccc2OC)cc1OC. The van der Waals surface area contributed by atoms with E-state index in [-0.39, 0.29) is 22.9 Å². The number of rotatable bonds is 8. The van der Waals surface area contributed by atoms with Crippen LogP contribution in [0.1, 0.15) is 11.1 Å². The summed E-state index contributed by atoms with van der Waals surface area (Å²) in [5.74, 6) is 0.624. The van der Waals surface area contributed by atoms with Gasteiger partial charge in [0.25, 0.3) is 0 Å². The third-order valence-electron chi connectivity index (χ3n) is 5.34. The van der Waals surface area contributed by atoms with E-state index in [4.69, 9.17) is 14.2 Å². The lowest BCUT2D eigenvalue weighted by Crippen LogP contribution is -2.43. The molecule has 8 nitrogen and oxygen atoms in total. The van der Waals surface area contributed by atoms with Crippen molar-refractivity contribution in [3.05, 3.63) is 47.5 Å². The molecular weight excluding hydrogens is 442 g/mol. The molecule has 1 fully saturated rings. The van der Waals surface area contributed by atoms with Gasteiger partial charge in [-0.25, -0.2) is 16.8 Å². The number of sulfone groups is 2. The van der Waals surface area contributed by atoms with E-state index in [1.165, 1.54) is 27.4 Å². The number of hydrogen-bond acceptors (Lipinski definition) is 8. The lowest BCUT2D eigenvalue weighted by molar-refractivity contribution is 0.354. The molecule has 0 aromatic heterocycles. The van der Waals surface area contributed by atoms with Crippen molar-refractivity contribution in [1.82, 2.24) is 5.32 Å². The van der Waals surface area contributed by atoms with Gasteiger partial charge < -0.3 is 19.5 Å². The van der Waals surface area contributed by atoms with Gasteiger partial charge in [0.15, 0.2) is 31.2 Å². The van der Waals surface area contributed by atoms with Crippen LogP contribution in [0, 0.1) is 6.92 Å². The van der Waals surface area contributed by atoms with Crippen LogP contribution >= 0.6 is 0 Å². The summed E-state index contributed by atoms with van der Waals surface area (Å²) >= 11 is 0. The first kappa shape index (κ1) is 23.4. The lowest BCUT2D eigenvalue weighted by atomic mass is 10.1. The van der Waals surface area contributed by atoms with Gasteiger partial charge in [-0.3, -0.25) is 0 Å². The van der Waals surface area contributed by atoms with Crippen LogP contribution in [-0.4, -0.2) is 61.0 Å². The average Bonchev–Trinajstić information content (AvgIpc) is 3.07. The molecule has 0 unspecified atom stereocenters. The smallest absolute Gasteiger partial charge is 0.187 e. The second-order valence-corrected chi connectivity index (χ2v) is 11.8. The highest BCUT2D eigenvalue weighted by atomic mass is 32.2. The van der Waals surface area contributed by atoms with Crippen molar-refractivity contribution >= 4 is 19.7 Å². The van der Waals surface area contributed by atoms with Crippen LogP contribution in [-0.2, 0) is 26.2 Å². The normalized spacial score (nSPS) is 20.4. The quantitative estimate of drug-likeness (QED) is 0.623. The molecule has 2 atom stereocenters. The Labute approximate surface area is 183 Å². The summed E-state index contributed by atoms with van der Waals surface area (Å²) in [4.78, 5) is 0.00927. The van der Waals surface area contributed by atoms with E-state index < -0.39 is 36.7 Å². The molecule has 1 aliphatic heterocycles. The maximum absolute atomic E-state index is 13.4. The molecule has 1 N–H and O–H groups in total. The van der Waals surface area contributed by atoms with Crippen molar-refractivity contribution in [2.75, 3.05) is 32.8 Å². The number of methoxy groups -OCH3 is 3. The maximum atomic E-state index is 13.4. The first-order valence-electron chi connectivity index (χ1n) is 9.64. The van der Waals surface area contributed by atoms with E-state index >= 15 is 0 Å². The van der Waals surface area contributed by atoms with Gasteiger partial charge in [0.2, 0.25) is 0 Å². The molecule has 31 heavy (non-hydrogen) atoms. The van der Waals surface area contributed by atoms with Gasteiger partial charge in [-0.2, -0.15) is 0 Å². The number of ether oxygens (including phenoxy) is 3. The number of benzene rings is 2. The van der Waals surface area contributed by atoms with Crippen LogP contribution in [0.4, 0.5) is 0 Å². The largest absolute Gasteiger partial charge is 0.495 e. The Morgan fingerprint density at radius 2 is 1.58 bits per heavy atom. The molecule has 3 rings (SSSR count). The first-order valence-corrected chi connectivity index (χ1v) is 13.0. The average molecular weight is 470 g/mol. The predicted molar refractivity (Wildman–Crippen MR) is 118 cm³/mol. The minimum atomic E-state index is -3.96. The Bertz CT molecular complexity index is 1160. The Kier molecular flexibility index (Phi) is 6.82. The molecule has 0 aliphatic carbocycles. The summed E-state index contributed by atoms with van der Waals surface area (Å²) in [6, 6.07) is 9.41. The van der Waals surface area contributed by atoms with E-state index in [0.717, 1.165) is 11.1 Å². The zero-order valence-electron chi connectivity index (χ0n) is 17.9. The molecule has 10 heteroatoms. The Balaban J connectivity index is 1.89. The fourth-order valence-electron chi connectivity index (χ4n) is 3.72. The zero-order valence-corrected chi connectivity index (χ0v) is 19.5. The number of aryl methyl sites for hydroxylation is 1. The van der Waals surface area contributed by atoms with Crippen molar-refractivity contribution in [2.24, 2.45) is 0 Å². The van der Waals surface area contributed by atoms with Crippen LogP contribution in [0.15, 0.2) is 41.3 Å². The molecule has 0 radical (unpaired) electrons. The van der Waals surface area contributed by atoms with Crippen LogP contribution in [0.2, 0.25) is 0 Å². The van der Waals surface area contributed by atoms with Gasteiger partial charge in [-0.1, -0.05) is 12.1 Å². The van der Waals surface area contributed by atoms with Crippen LogP contribution in [0.25, 0.3) is 0 Å². The zero-order chi connectivity index (χ0) is 22.8. The van der Waals surface area contributed by atoms with Crippen molar-refractivity contribution in [1.29, 1.82) is 0 Å². The molecule has 2 aromatic carbocycles. The second-order valence-electron chi connectivity index (χ2n) is 7.49. The molecule has 2 aromatic rings. The third-order valence-corrected chi connectivity index (χ3v) is 9.51. The molecule has 1 saturated heterocycles. The van der Waals surface area contributed by atoms with Gasteiger partial charge >= 0.3 is 0 Å². The molecule has 1 aliphatic rings. The fourth-order valence-corrected chi connectivity index (χ4v) is 8.68. The predicted octanol–water partition coefficient (Wildman–Crippen LogP) is 1.75. The van der Waals surface area contributed by atoms with Crippen LogP contribution in [0.5, 0.6) is 17.2 Å². The monoisotopic (exact) mass is 469 g/mol. The Morgan fingerprint density at radius 3 is 2.23 bits per heavy atom. The molecule has 0 bridgehead atoms. The highest BCUT2D eigenvalue weighted by Crippen LogP contribution is 2.33. The summed E-state index contributed by atoms with van der Waals surface area (Å²) in [5, 5.41) is 2.01. The summed E-state index contributed by atoms with van der Waals surface area (Å²) in [6.07, 6.45) is 0. The topological polar surface area (TPSA) is 108 Å². The van der Waals surface area contributed by atoms with Crippen molar-refractivity contribution in [3.63, 3.8) is 0 Å². The fraction of sp³-hybridized carbons (Fsp3) is 0.429. The van der Waals surface area contributed by atoms with Gasteiger partial charge in [0, 0.05) is 12.6 Å². The number of hydrogen-bond donors (Lipinski definition) is 1. The van der Waals surface area contributed by atoms with Gasteiger partial charge in [0.1, 0.15) is 10.6 Å². The van der Waals surface area contributed by atoms with Gasteiger partial charge in [-0.05, 0) is 42.3 Å². The van der Waals surface area contributed by atoms with E-state index in [2.05, 4.69) is 5.32 Å². The van der Waals surface area contributed by atoms with Crippen molar-refractivity contribution in [2.45, 2.75) is 29.7 Å². The number of nitrogens with one attached hydrogen (secondary N) is 1. The highest BCUT2D eigenvalue weighted by molar-refractivity contribution is 7.96. The van der Waals surface area contributed by atoms with Crippen LogP contribution in [0.3, 0.4) is 0 Å². The highest BCUT2D eigenvalue weighted by Gasteiger charge is 2.46. The van der Waals surface area contributed by atoms with Crippen molar-refractivity contribution in [3.8, 4) is 17.2 Å². The molecule has 1 heterocycles. The lowest BCUT2D eigenvalue weighted by Gasteiger charge is -2.21. The van der Waals surface area contributed by atoms with E-state index in [0.29, 0.717) is 11.5 Å². The molecule has 0 spiro atoms. The van der Waals surface area contributed by atoms with Crippen LogP contribution < -0.4 is 19.5 Å². The molecular formula is C21H27NO7S2. The Hall–Kier alpha value is -2.30. The maximum Gasteiger partial charge on any atom is 0.187 e. The first-order chi connectivity index (χ1) is 14.6. The summed E-state index contributed by atoms with van der Waals surface area (Å²) in [7, 11) is -3.03. The molecule has 0 saturated carbocycles. The van der Waals surface area contributed by atoms with Gasteiger partial charge in [-0.15, -0.1) is 0 Å². The van der Waals surface area contributed by atoms with Gasteiger partial charge in [0.05, 0.1) is 38.1 Å². The second kappa shape index (κ2) is 9.05.